The van der Waals surface area contributed by atoms with E-state index in [1.54, 1.807) is 0 Å². The first-order chi connectivity index (χ1) is 12.8. The van der Waals surface area contributed by atoms with Crippen LogP contribution in [-0.4, -0.2) is 41.3 Å². The predicted octanol–water partition coefficient (Wildman–Crippen LogP) is 3.75. The van der Waals surface area contributed by atoms with Crippen LogP contribution in [0.3, 0.4) is 0 Å². The Kier molecular flexibility index (Phi) is 7.26. The molecule has 0 amide bonds. The van der Waals surface area contributed by atoms with Gasteiger partial charge in [-0.05, 0) is 49.9 Å². The van der Waals surface area contributed by atoms with E-state index in [4.69, 9.17) is 5.11 Å². The van der Waals surface area contributed by atoms with Gasteiger partial charge in [-0.15, -0.1) is 0 Å². The molecule has 0 radical (unpaired) electrons. The van der Waals surface area contributed by atoms with Crippen molar-refractivity contribution in [2.75, 3.05) is 36.0 Å². The second-order valence-electron chi connectivity index (χ2n) is 6.65. The molecule has 4 rings (SSSR count). The number of aromatic nitrogens is 2. The van der Waals surface area contributed by atoms with Crippen LogP contribution in [0.4, 0.5) is 11.6 Å². The van der Waals surface area contributed by atoms with E-state index >= 15 is 0 Å². The van der Waals surface area contributed by atoms with E-state index in [9.17, 15) is 0 Å². The van der Waals surface area contributed by atoms with Crippen molar-refractivity contribution < 1.29 is 5.11 Å². The average molecular weight is 419 g/mol. The molecule has 4 heterocycles. The summed E-state index contributed by atoms with van der Waals surface area (Å²) >= 11 is 3.42. The fourth-order valence-electron chi connectivity index (χ4n) is 3.34. The molecule has 0 bridgehead atoms. The fourth-order valence-corrected chi connectivity index (χ4v) is 3.65. The van der Waals surface area contributed by atoms with Crippen LogP contribution in [-0.2, 0) is 11.9 Å². The van der Waals surface area contributed by atoms with Crippen LogP contribution < -0.4 is 9.80 Å². The first-order valence-corrected chi connectivity index (χ1v) is 10.5. The van der Waals surface area contributed by atoms with E-state index in [-0.39, 0.29) is 6.61 Å². The Hall–Kier alpha value is -1.66. The Morgan fingerprint density at radius 3 is 1.69 bits per heavy atom. The van der Waals surface area contributed by atoms with E-state index < -0.39 is 0 Å². The summed E-state index contributed by atoms with van der Waals surface area (Å²) in [6, 6.07) is 12.0. The van der Waals surface area contributed by atoms with Crippen molar-refractivity contribution in [3.05, 3.63) is 47.8 Å². The van der Waals surface area contributed by atoms with E-state index in [1.165, 1.54) is 38.8 Å². The Morgan fingerprint density at radius 1 is 0.769 bits per heavy atom. The van der Waals surface area contributed by atoms with Gasteiger partial charge in [-0.25, -0.2) is 9.97 Å². The monoisotopic (exact) mass is 418 g/mol. The summed E-state index contributed by atoms with van der Waals surface area (Å²) in [7, 11) is 0. The van der Waals surface area contributed by atoms with Gasteiger partial charge >= 0.3 is 0 Å². The highest BCUT2D eigenvalue weighted by molar-refractivity contribution is 9.08. The van der Waals surface area contributed by atoms with Gasteiger partial charge in [0.1, 0.15) is 11.6 Å². The number of aliphatic hydroxyl groups excluding tert-OH is 1. The molecule has 5 nitrogen and oxygen atoms in total. The molecule has 2 aliphatic heterocycles. The molecule has 0 saturated carbocycles. The molecule has 1 N–H and O–H groups in total. The quantitative estimate of drug-likeness (QED) is 0.766. The first-order valence-electron chi connectivity index (χ1n) is 9.39. The lowest BCUT2D eigenvalue weighted by Crippen LogP contribution is -2.19. The van der Waals surface area contributed by atoms with Crippen LogP contribution in [0.2, 0.25) is 0 Å². The number of anilines is 2. The maximum absolute atomic E-state index is 8.92. The number of alkyl halides is 1. The smallest absolute Gasteiger partial charge is 0.128 e. The Balaban J connectivity index is 0.000000151. The molecule has 2 aromatic heterocycles. The molecule has 2 fully saturated rings. The minimum atomic E-state index is 0.0294. The number of pyridine rings is 2. The SMILES string of the molecule is BrCc1cccc(N2CCCC2)n1.OCc1cccc(N2CCCC2)n1. The van der Waals surface area contributed by atoms with Crippen LogP contribution in [0.15, 0.2) is 36.4 Å². The summed E-state index contributed by atoms with van der Waals surface area (Å²) in [6.07, 6.45) is 5.12. The van der Waals surface area contributed by atoms with E-state index in [2.05, 4.69) is 47.8 Å². The molecule has 0 aromatic carbocycles. The maximum Gasteiger partial charge on any atom is 0.128 e. The van der Waals surface area contributed by atoms with Crippen molar-refractivity contribution in [1.29, 1.82) is 0 Å². The highest BCUT2D eigenvalue weighted by Gasteiger charge is 2.13. The summed E-state index contributed by atoms with van der Waals surface area (Å²) in [5, 5.41) is 9.77. The van der Waals surface area contributed by atoms with Gasteiger partial charge in [0.15, 0.2) is 0 Å². The summed E-state index contributed by atoms with van der Waals surface area (Å²) in [6.45, 7) is 4.56. The maximum atomic E-state index is 8.92. The van der Waals surface area contributed by atoms with Crippen LogP contribution >= 0.6 is 15.9 Å². The van der Waals surface area contributed by atoms with E-state index in [1.807, 2.05) is 24.3 Å². The third kappa shape index (κ3) is 5.17. The number of halogens is 1. The summed E-state index contributed by atoms with van der Waals surface area (Å²) < 4.78 is 0. The third-order valence-corrected chi connectivity index (χ3v) is 5.32. The third-order valence-electron chi connectivity index (χ3n) is 4.74. The Bertz CT molecular complexity index is 626. The Morgan fingerprint density at radius 2 is 1.23 bits per heavy atom. The zero-order valence-electron chi connectivity index (χ0n) is 15.1. The number of rotatable bonds is 4. The lowest BCUT2D eigenvalue weighted by molar-refractivity contribution is 0.277. The van der Waals surface area contributed by atoms with Crippen LogP contribution in [0, 0.1) is 0 Å². The fraction of sp³-hybridized carbons (Fsp3) is 0.500. The average Bonchev–Trinajstić information content (AvgIpc) is 3.42. The van der Waals surface area contributed by atoms with Crippen LogP contribution in [0.5, 0.6) is 0 Å². The second-order valence-corrected chi connectivity index (χ2v) is 7.22. The molecular formula is C20H27BrN4O. The van der Waals surface area contributed by atoms with Crippen LogP contribution in [0.1, 0.15) is 37.1 Å². The molecule has 0 atom stereocenters. The van der Waals surface area contributed by atoms with Crippen molar-refractivity contribution in [2.45, 2.75) is 37.6 Å². The molecule has 6 heteroatoms. The van der Waals surface area contributed by atoms with Gasteiger partial charge in [-0.3, -0.25) is 0 Å². The molecule has 0 spiro atoms. The molecule has 0 unspecified atom stereocenters. The number of nitrogens with zero attached hydrogens (tertiary/aromatic N) is 4. The Labute approximate surface area is 164 Å². The van der Waals surface area contributed by atoms with E-state index in [0.717, 1.165) is 41.4 Å². The highest BCUT2D eigenvalue weighted by Crippen LogP contribution is 2.19. The van der Waals surface area contributed by atoms with Crippen molar-refractivity contribution in [3.63, 3.8) is 0 Å². The molecular weight excluding hydrogens is 392 g/mol. The van der Waals surface area contributed by atoms with Gasteiger partial charge in [-0.2, -0.15) is 0 Å². The van der Waals surface area contributed by atoms with Gasteiger partial charge < -0.3 is 14.9 Å². The number of hydrogen-bond donors (Lipinski definition) is 1. The van der Waals surface area contributed by atoms with Crippen molar-refractivity contribution in [2.24, 2.45) is 0 Å². The van der Waals surface area contributed by atoms with Gasteiger partial charge in [0.05, 0.1) is 18.0 Å². The summed E-state index contributed by atoms with van der Waals surface area (Å²) in [4.78, 5) is 13.5. The normalized spacial score (nSPS) is 16.5. The summed E-state index contributed by atoms with van der Waals surface area (Å²) in [5.41, 5.74) is 1.87. The topological polar surface area (TPSA) is 52.5 Å². The predicted molar refractivity (Wildman–Crippen MR) is 110 cm³/mol. The molecule has 0 aliphatic carbocycles. The van der Waals surface area contributed by atoms with Gasteiger partial charge in [-0.1, -0.05) is 28.1 Å². The minimum absolute atomic E-state index is 0.0294. The van der Waals surface area contributed by atoms with Crippen molar-refractivity contribution in [1.82, 2.24) is 9.97 Å². The number of aliphatic hydroxyl groups is 1. The largest absolute Gasteiger partial charge is 0.390 e. The van der Waals surface area contributed by atoms with Crippen molar-refractivity contribution in [3.8, 4) is 0 Å². The lowest BCUT2D eigenvalue weighted by Gasteiger charge is -2.16. The van der Waals surface area contributed by atoms with Gasteiger partial charge in [0.25, 0.3) is 0 Å². The standard InChI is InChI=1S/C10H13BrN2.C10H14N2O/c11-8-9-4-3-5-10(12-9)13-6-1-2-7-13;13-8-9-4-3-5-10(11-9)12-6-1-2-7-12/h3-5H,1-2,6-8H2;3-5,13H,1-2,6-8H2. The minimum Gasteiger partial charge on any atom is -0.390 e. The molecule has 2 aromatic rings. The molecule has 140 valence electrons. The number of hydrogen-bond acceptors (Lipinski definition) is 5. The molecule has 26 heavy (non-hydrogen) atoms. The van der Waals surface area contributed by atoms with Gasteiger partial charge in [0, 0.05) is 31.5 Å². The van der Waals surface area contributed by atoms with Crippen LogP contribution in [0.25, 0.3) is 0 Å². The zero-order valence-corrected chi connectivity index (χ0v) is 16.7. The van der Waals surface area contributed by atoms with E-state index in [0.29, 0.717) is 0 Å². The highest BCUT2D eigenvalue weighted by atomic mass is 79.9. The lowest BCUT2D eigenvalue weighted by atomic mass is 10.3. The van der Waals surface area contributed by atoms with Crippen molar-refractivity contribution >= 4 is 27.6 Å². The zero-order chi connectivity index (χ0) is 18.2. The molecule has 2 aliphatic rings. The second kappa shape index (κ2) is 9.88. The summed E-state index contributed by atoms with van der Waals surface area (Å²) in [5.74, 6) is 2.14. The molecule has 2 saturated heterocycles. The first kappa shape index (κ1) is 19.1. The van der Waals surface area contributed by atoms with Gasteiger partial charge in [0.2, 0.25) is 0 Å².